The monoisotopic (exact) mass is 315 g/mol. The van der Waals surface area contributed by atoms with Gasteiger partial charge in [0.25, 0.3) is 5.91 Å². The summed E-state index contributed by atoms with van der Waals surface area (Å²) in [6, 6.07) is 7.01. The minimum atomic E-state index is -0.202. The molecule has 3 nitrogen and oxygen atoms in total. The van der Waals surface area contributed by atoms with Crippen molar-refractivity contribution in [2.24, 2.45) is 0 Å². The average Bonchev–Trinajstić information content (AvgIpc) is 2.55. The number of amides is 1. The van der Waals surface area contributed by atoms with E-state index in [1.54, 1.807) is 12.1 Å². The molecule has 0 atom stereocenters. The molecule has 1 rings (SSSR count). The number of phenols is 1. The third-order valence-corrected chi connectivity index (χ3v) is 3.74. The lowest BCUT2D eigenvalue weighted by Crippen LogP contribution is -2.23. The van der Waals surface area contributed by atoms with E-state index < -0.39 is 0 Å². The second-order valence-electron chi connectivity index (χ2n) is 5.85. The summed E-state index contributed by atoms with van der Waals surface area (Å²) in [5, 5.41) is 12.0. The summed E-state index contributed by atoms with van der Waals surface area (Å²) in [6.07, 6.45) is 10.4. The molecule has 0 fully saturated rings. The Labute approximate surface area is 140 Å². The van der Waals surface area contributed by atoms with Crippen molar-refractivity contribution in [2.75, 3.05) is 6.54 Å². The number of hydrogen-bond donors (Lipinski definition) is 2. The number of nitrogens with one attached hydrogen (secondary N) is 1. The minimum Gasteiger partial charge on any atom is -0.508 e. The first kappa shape index (κ1) is 19.1. The largest absolute Gasteiger partial charge is 0.508 e. The molecule has 0 saturated carbocycles. The second-order valence-corrected chi connectivity index (χ2v) is 5.85. The van der Waals surface area contributed by atoms with Crippen LogP contribution in [0.4, 0.5) is 0 Å². The van der Waals surface area contributed by atoms with E-state index in [2.05, 4.69) is 24.1 Å². The van der Waals surface area contributed by atoms with E-state index in [9.17, 15) is 9.90 Å². The lowest BCUT2D eigenvalue weighted by Gasteiger charge is -2.02. The summed E-state index contributed by atoms with van der Waals surface area (Å²) < 4.78 is 0. The molecule has 23 heavy (non-hydrogen) atoms. The van der Waals surface area contributed by atoms with E-state index in [1.165, 1.54) is 38.5 Å². The van der Waals surface area contributed by atoms with Crippen molar-refractivity contribution in [1.82, 2.24) is 5.32 Å². The smallest absolute Gasteiger partial charge is 0.295 e. The van der Waals surface area contributed by atoms with Gasteiger partial charge in [-0.25, -0.2) is 0 Å². The maximum Gasteiger partial charge on any atom is 0.295 e. The molecule has 0 heterocycles. The molecule has 1 aromatic rings. The lowest BCUT2D eigenvalue weighted by atomic mass is 10.1. The Morgan fingerprint density at radius 1 is 1.04 bits per heavy atom. The predicted octanol–water partition coefficient (Wildman–Crippen LogP) is 4.20. The molecule has 0 radical (unpaired) electrons. The quantitative estimate of drug-likeness (QED) is 0.502. The Morgan fingerprint density at radius 2 is 1.70 bits per heavy atom. The highest BCUT2D eigenvalue weighted by Crippen LogP contribution is 2.09. The SMILES string of the molecule is CCCCCCCCCC#CC(=O)NCCc1ccc(O)cc1. The number of phenolic OH excluding ortho intramolecular Hbond substituents is 1. The van der Waals surface area contributed by atoms with Crippen molar-refractivity contribution >= 4 is 5.91 Å². The summed E-state index contributed by atoms with van der Waals surface area (Å²) in [5.74, 6) is 5.65. The number of benzene rings is 1. The molecule has 3 heteroatoms. The van der Waals surface area contributed by atoms with Crippen LogP contribution in [0.5, 0.6) is 5.75 Å². The van der Waals surface area contributed by atoms with Crippen molar-refractivity contribution in [3.63, 3.8) is 0 Å². The zero-order valence-electron chi connectivity index (χ0n) is 14.2. The number of carbonyl (C=O) groups excluding carboxylic acids is 1. The van der Waals surface area contributed by atoms with Crippen LogP contribution >= 0.6 is 0 Å². The molecule has 0 bridgehead atoms. The number of carbonyl (C=O) groups is 1. The van der Waals surface area contributed by atoms with E-state index >= 15 is 0 Å². The fourth-order valence-electron chi connectivity index (χ4n) is 2.34. The maximum atomic E-state index is 11.6. The molecule has 1 aromatic carbocycles. The van der Waals surface area contributed by atoms with E-state index in [1.807, 2.05) is 12.1 Å². The van der Waals surface area contributed by atoms with Gasteiger partial charge in [-0.15, -0.1) is 0 Å². The summed E-state index contributed by atoms with van der Waals surface area (Å²) in [6.45, 7) is 2.79. The maximum absolute atomic E-state index is 11.6. The van der Waals surface area contributed by atoms with Crippen molar-refractivity contribution in [3.8, 4) is 17.6 Å². The Balaban J connectivity index is 2.02. The summed E-state index contributed by atoms with van der Waals surface area (Å²) in [5.41, 5.74) is 1.08. The van der Waals surface area contributed by atoms with E-state index in [0.29, 0.717) is 6.54 Å². The molecule has 0 unspecified atom stereocenters. The Hall–Kier alpha value is -1.95. The minimum absolute atomic E-state index is 0.202. The fourth-order valence-corrected chi connectivity index (χ4v) is 2.34. The fraction of sp³-hybridized carbons (Fsp3) is 0.550. The molecule has 126 valence electrons. The van der Waals surface area contributed by atoms with Gasteiger partial charge in [-0.1, -0.05) is 63.5 Å². The van der Waals surface area contributed by atoms with Crippen LogP contribution in [0.15, 0.2) is 24.3 Å². The molecule has 1 amide bonds. The predicted molar refractivity (Wildman–Crippen MR) is 95.2 cm³/mol. The van der Waals surface area contributed by atoms with Crippen molar-refractivity contribution in [3.05, 3.63) is 29.8 Å². The molecular weight excluding hydrogens is 286 g/mol. The Bertz CT molecular complexity index is 497. The van der Waals surface area contributed by atoms with Crippen LogP contribution in [0.3, 0.4) is 0 Å². The van der Waals surface area contributed by atoms with E-state index in [-0.39, 0.29) is 11.7 Å². The molecule has 2 N–H and O–H groups in total. The van der Waals surface area contributed by atoms with Crippen LogP contribution in [0.25, 0.3) is 0 Å². The van der Waals surface area contributed by atoms with E-state index in [4.69, 9.17) is 0 Å². The van der Waals surface area contributed by atoms with Crippen LogP contribution < -0.4 is 5.32 Å². The van der Waals surface area contributed by atoms with Crippen molar-refractivity contribution in [2.45, 2.75) is 64.7 Å². The topological polar surface area (TPSA) is 49.3 Å². The Morgan fingerprint density at radius 3 is 2.39 bits per heavy atom. The van der Waals surface area contributed by atoms with E-state index in [0.717, 1.165) is 24.8 Å². The molecule has 0 spiro atoms. The third-order valence-electron chi connectivity index (χ3n) is 3.74. The van der Waals surface area contributed by atoms with Gasteiger partial charge in [0.2, 0.25) is 0 Å². The summed E-state index contributed by atoms with van der Waals surface area (Å²) in [7, 11) is 0. The molecule has 0 aromatic heterocycles. The van der Waals surface area contributed by atoms with Crippen LogP contribution in [0.1, 0.15) is 63.9 Å². The van der Waals surface area contributed by atoms with Gasteiger partial charge in [0.15, 0.2) is 0 Å². The summed E-state index contributed by atoms with van der Waals surface area (Å²) >= 11 is 0. The first-order valence-corrected chi connectivity index (χ1v) is 8.77. The Kier molecular flexibility index (Phi) is 10.4. The van der Waals surface area contributed by atoms with Gasteiger partial charge in [-0.2, -0.15) is 0 Å². The first-order valence-electron chi connectivity index (χ1n) is 8.77. The zero-order valence-corrected chi connectivity index (χ0v) is 14.2. The third kappa shape index (κ3) is 10.4. The molecular formula is C20H29NO2. The zero-order chi connectivity index (χ0) is 16.8. The van der Waals surface area contributed by atoms with Crippen LogP contribution in [-0.4, -0.2) is 17.6 Å². The molecule has 0 aliphatic carbocycles. The van der Waals surface area contributed by atoms with Gasteiger partial charge in [0, 0.05) is 13.0 Å². The second kappa shape index (κ2) is 12.6. The standard InChI is InChI=1S/C20H29NO2/c1-2-3-4-5-6-7-8-9-10-11-20(23)21-17-16-18-12-14-19(22)15-13-18/h12-15,22H,2-9,16-17H2,1H3,(H,21,23). The van der Waals surface area contributed by atoms with Gasteiger partial charge in [0.1, 0.15) is 5.75 Å². The van der Waals surface area contributed by atoms with Crippen LogP contribution in [0.2, 0.25) is 0 Å². The van der Waals surface area contributed by atoms with Gasteiger partial charge < -0.3 is 10.4 Å². The molecule has 0 aliphatic heterocycles. The van der Waals surface area contributed by atoms with Gasteiger partial charge in [-0.3, -0.25) is 4.79 Å². The molecule has 0 saturated heterocycles. The number of rotatable bonds is 10. The number of aromatic hydroxyl groups is 1. The highest BCUT2D eigenvalue weighted by molar-refractivity contribution is 5.93. The molecule has 0 aliphatic rings. The van der Waals surface area contributed by atoms with Gasteiger partial charge in [-0.05, 0) is 36.5 Å². The van der Waals surface area contributed by atoms with Gasteiger partial charge >= 0.3 is 0 Å². The van der Waals surface area contributed by atoms with Crippen LogP contribution in [-0.2, 0) is 11.2 Å². The average molecular weight is 315 g/mol. The summed E-state index contributed by atoms with van der Waals surface area (Å²) in [4.78, 5) is 11.6. The van der Waals surface area contributed by atoms with Crippen LogP contribution in [0, 0.1) is 11.8 Å². The number of unbranched alkanes of at least 4 members (excludes halogenated alkanes) is 7. The highest BCUT2D eigenvalue weighted by atomic mass is 16.3. The number of hydrogen-bond acceptors (Lipinski definition) is 2. The normalized spacial score (nSPS) is 9.96. The van der Waals surface area contributed by atoms with Gasteiger partial charge in [0.05, 0.1) is 0 Å². The first-order chi connectivity index (χ1) is 11.2. The van der Waals surface area contributed by atoms with Crippen molar-refractivity contribution < 1.29 is 9.90 Å². The lowest BCUT2D eigenvalue weighted by molar-refractivity contribution is -0.115. The highest BCUT2D eigenvalue weighted by Gasteiger charge is 1.97. The van der Waals surface area contributed by atoms with Crippen molar-refractivity contribution in [1.29, 1.82) is 0 Å².